The third kappa shape index (κ3) is 6.84. The maximum atomic E-state index is 11.9. The second-order valence-electron chi connectivity index (χ2n) is 7.57. The molecule has 0 aliphatic rings. The molecule has 0 spiro atoms. The molecule has 0 heterocycles. The molecule has 1 atom stereocenters. The van der Waals surface area contributed by atoms with Crippen molar-refractivity contribution in [1.82, 2.24) is 10.2 Å². The largest absolute Gasteiger partial charge is 0.428 e. The van der Waals surface area contributed by atoms with E-state index in [1.54, 1.807) is 0 Å². The zero-order chi connectivity index (χ0) is 14.8. The summed E-state index contributed by atoms with van der Waals surface area (Å²) in [5, 5.41) is 2.83. The molecule has 108 valence electrons. The van der Waals surface area contributed by atoms with Gasteiger partial charge in [-0.25, -0.2) is 4.79 Å². The van der Waals surface area contributed by atoms with Crippen LogP contribution >= 0.6 is 0 Å². The Morgan fingerprint density at radius 2 is 1.50 bits per heavy atom. The van der Waals surface area contributed by atoms with Crippen LogP contribution in [0.2, 0.25) is 0 Å². The molecule has 4 nitrogen and oxygen atoms in total. The Morgan fingerprint density at radius 3 is 1.78 bits per heavy atom. The van der Waals surface area contributed by atoms with E-state index in [1.807, 2.05) is 46.7 Å². The molecule has 0 saturated carbocycles. The molecule has 0 aromatic heterocycles. The minimum Gasteiger partial charge on any atom is -0.428 e. The topological polar surface area (TPSA) is 41.6 Å². The van der Waals surface area contributed by atoms with E-state index in [2.05, 4.69) is 26.1 Å². The molecule has 0 aliphatic carbocycles. The van der Waals surface area contributed by atoms with E-state index < -0.39 is 5.72 Å². The highest BCUT2D eigenvalue weighted by Gasteiger charge is 2.36. The van der Waals surface area contributed by atoms with Gasteiger partial charge in [0.2, 0.25) is 0 Å². The van der Waals surface area contributed by atoms with E-state index in [1.165, 1.54) is 0 Å². The summed E-state index contributed by atoms with van der Waals surface area (Å²) in [5.41, 5.74) is -0.805. The van der Waals surface area contributed by atoms with Gasteiger partial charge in [0, 0.05) is 12.0 Å². The standard InChI is InChI=1S/C14H30N2O2/c1-12(2,3)10-14(7,16(8)9)18-11(17)15-13(4,5)6/h10H2,1-9H3,(H,15,17). The van der Waals surface area contributed by atoms with Gasteiger partial charge >= 0.3 is 6.09 Å². The van der Waals surface area contributed by atoms with Crippen molar-refractivity contribution >= 4 is 6.09 Å². The van der Waals surface area contributed by atoms with Gasteiger partial charge in [-0.15, -0.1) is 0 Å². The van der Waals surface area contributed by atoms with Crippen molar-refractivity contribution in [3.8, 4) is 0 Å². The Kier molecular flexibility index (Phi) is 5.24. The first-order valence-corrected chi connectivity index (χ1v) is 6.44. The number of rotatable bonds is 3. The van der Waals surface area contributed by atoms with Gasteiger partial charge in [0.15, 0.2) is 5.72 Å². The van der Waals surface area contributed by atoms with Crippen molar-refractivity contribution in [2.24, 2.45) is 5.41 Å². The first-order valence-electron chi connectivity index (χ1n) is 6.44. The number of amides is 1. The summed E-state index contributed by atoms with van der Waals surface area (Å²) < 4.78 is 5.63. The number of alkyl carbamates (subject to hydrolysis) is 1. The Hall–Kier alpha value is -0.770. The molecule has 0 aromatic rings. The molecule has 0 fully saturated rings. The highest BCUT2D eigenvalue weighted by molar-refractivity contribution is 5.68. The Balaban J connectivity index is 4.78. The van der Waals surface area contributed by atoms with Gasteiger partial charge in [0.1, 0.15) is 0 Å². The maximum absolute atomic E-state index is 11.9. The fourth-order valence-corrected chi connectivity index (χ4v) is 1.80. The lowest BCUT2D eigenvalue weighted by Gasteiger charge is -2.40. The van der Waals surface area contributed by atoms with Gasteiger partial charge < -0.3 is 10.1 Å². The normalized spacial score (nSPS) is 16.3. The van der Waals surface area contributed by atoms with Gasteiger partial charge in [-0.3, -0.25) is 4.90 Å². The van der Waals surface area contributed by atoms with Crippen LogP contribution in [-0.2, 0) is 4.74 Å². The molecule has 18 heavy (non-hydrogen) atoms. The average Bonchev–Trinajstić information content (AvgIpc) is 1.94. The first kappa shape index (κ1) is 17.2. The molecular formula is C14H30N2O2. The van der Waals surface area contributed by atoms with E-state index in [4.69, 9.17) is 4.74 Å². The predicted octanol–water partition coefficient (Wildman–Crippen LogP) is 3.23. The first-order chi connectivity index (χ1) is 7.75. The second kappa shape index (κ2) is 5.47. The molecule has 0 aliphatic heterocycles. The van der Waals surface area contributed by atoms with Gasteiger partial charge in [-0.2, -0.15) is 0 Å². The summed E-state index contributed by atoms with van der Waals surface area (Å²) in [6, 6.07) is 0. The van der Waals surface area contributed by atoms with Crippen molar-refractivity contribution in [3.05, 3.63) is 0 Å². The Morgan fingerprint density at radius 1 is 1.06 bits per heavy atom. The number of ether oxygens (including phenoxy) is 1. The van der Waals surface area contributed by atoms with Crippen LogP contribution in [0.15, 0.2) is 0 Å². The molecular weight excluding hydrogens is 228 g/mol. The smallest absolute Gasteiger partial charge is 0.409 e. The van der Waals surface area contributed by atoms with E-state index >= 15 is 0 Å². The van der Waals surface area contributed by atoms with Gasteiger partial charge in [-0.05, 0) is 47.2 Å². The van der Waals surface area contributed by atoms with Crippen LogP contribution in [0, 0.1) is 5.41 Å². The molecule has 4 heteroatoms. The fourth-order valence-electron chi connectivity index (χ4n) is 1.80. The quantitative estimate of drug-likeness (QED) is 0.790. The summed E-state index contributed by atoms with van der Waals surface area (Å²) in [6.45, 7) is 14.2. The zero-order valence-electron chi connectivity index (χ0n) is 13.5. The SMILES string of the molecule is CN(C)C(C)(CC(C)(C)C)OC(=O)NC(C)(C)C. The summed E-state index contributed by atoms with van der Waals surface area (Å²) in [4.78, 5) is 13.8. The summed E-state index contributed by atoms with van der Waals surface area (Å²) in [5.74, 6) is 0. The molecule has 0 radical (unpaired) electrons. The van der Waals surface area contributed by atoms with Crippen molar-refractivity contribution in [2.45, 2.75) is 66.2 Å². The maximum Gasteiger partial charge on any atom is 0.409 e. The Bertz CT molecular complexity index is 287. The third-order valence-electron chi connectivity index (χ3n) is 2.59. The monoisotopic (exact) mass is 258 g/mol. The van der Waals surface area contributed by atoms with Crippen LogP contribution in [0.1, 0.15) is 54.9 Å². The molecule has 1 amide bonds. The van der Waals surface area contributed by atoms with Crippen molar-refractivity contribution in [2.75, 3.05) is 14.1 Å². The number of carbonyl (C=O) groups is 1. The number of nitrogens with one attached hydrogen (secondary N) is 1. The lowest BCUT2D eigenvalue weighted by Crippen LogP contribution is -2.52. The molecule has 1 unspecified atom stereocenters. The number of hydrogen-bond acceptors (Lipinski definition) is 3. The second-order valence-corrected chi connectivity index (χ2v) is 7.57. The van der Waals surface area contributed by atoms with Crippen LogP contribution in [0.3, 0.4) is 0 Å². The van der Waals surface area contributed by atoms with Gasteiger partial charge in [0.05, 0.1) is 0 Å². The molecule has 0 bridgehead atoms. The summed E-state index contributed by atoms with van der Waals surface area (Å²) >= 11 is 0. The summed E-state index contributed by atoms with van der Waals surface area (Å²) in [7, 11) is 3.85. The van der Waals surface area contributed by atoms with E-state index in [9.17, 15) is 4.79 Å². The van der Waals surface area contributed by atoms with Crippen LogP contribution in [-0.4, -0.2) is 36.4 Å². The molecule has 0 saturated heterocycles. The minimum atomic E-state index is -0.604. The minimum absolute atomic E-state index is 0.0844. The number of hydrogen-bond donors (Lipinski definition) is 1. The van der Waals surface area contributed by atoms with Crippen LogP contribution < -0.4 is 5.32 Å². The summed E-state index contributed by atoms with van der Waals surface area (Å²) in [6.07, 6.45) is 0.396. The van der Waals surface area contributed by atoms with Crippen molar-refractivity contribution in [3.63, 3.8) is 0 Å². The van der Waals surface area contributed by atoms with Crippen LogP contribution in [0.25, 0.3) is 0 Å². The lowest BCUT2D eigenvalue weighted by molar-refractivity contribution is -0.0998. The van der Waals surface area contributed by atoms with E-state index in [0.29, 0.717) is 0 Å². The predicted molar refractivity (Wildman–Crippen MR) is 75.5 cm³/mol. The Labute approximate surface area is 112 Å². The number of nitrogens with zero attached hydrogens (tertiary/aromatic N) is 1. The number of carbonyl (C=O) groups excluding carboxylic acids is 1. The van der Waals surface area contributed by atoms with E-state index in [-0.39, 0.29) is 17.0 Å². The van der Waals surface area contributed by atoms with E-state index in [0.717, 1.165) is 6.42 Å². The highest BCUT2D eigenvalue weighted by atomic mass is 16.6. The molecule has 0 aromatic carbocycles. The van der Waals surface area contributed by atoms with Crippen LogP contribution in [0.4, 0.5) is 4.79 Å². The zero-order valence-corrected chi connectivity index (χ0v) is 13.5. The molecule has 0 rings (SSSR count). The van der Waals surface area contributed by atoms with Crippen LogP contribution in [0.5, 0.6) is 0 Å². The highest BCUT2D eigenvalue weighted by Crippen LogP contribution is 2.31. The lowest BCUT2D eigenvalue weighted by atomic mass is 9.86. The third-order valence-corrected chi connectivity index (χ3v) is 2.59. The molecule has 1 N–H and O–H groups in total. The average molecular weight is 258 g/mol. The van der Waals surface area contributed by atoms with Crippen molar-refractivity contribution < 1.29 is 9.53 Å². The van der Waals surface area contributed by atoms with Gasteiger partial charge in [0.25, 0.3) is 0 Å². The van der Waals surface area contributed by atoms with Crippen molar-refractivity contribution in [1.29, 1.82) is 0 Å². The fraction of sp³-hybridized carbons (Fsp3) is 0.929. The van der Waals surface area contributed by atoms with Gasteiger partial charge in [-0.1, -0.05) is 20.8 Å².